The Labute approximate surface area is 118 Å². The molecule has 2 unspecified atom stereocenters. The van der Waals surface area contributed by atoms with Crippen LogP contribution in [-0.4, -0.2) is 25.0 Å². The van der Waals surface area contributed by atoms with Gasteiger partial charge in [0.05, 0.1) is 0 Å². The predicted molar refractivity (Wildman–Crippen MR) is 81.1 cm³/mol. The number of amides is 1. The molecule has 1 amide bonds. The zero-order valence-electron chi connectivity index (χ0n) is 13.0. The van der Waals surface area contributed by atoms with E-state index in [2.05, 4.69) is 17.6 Å². The molecule has 19 heavy (non-hydrogen) atoms. The molecule has 2 atom stereocenters. The van der Waals surface area contributed by atoms with E-state index in [1.54, 1.807) is 0 Å². The van der Waals surface area contributed by atoms with Crippen LogP contribution < -0.4 is 10.6 Å². The Bertz CT molecular complexity index is 253. The first-order valence-electron chi connectivity index (χ1n) is 8.14. The first-order chi connectivity index (χ1) is 9.13. The quantitative estimate of drug-likeness (QED) is 0.550. The van der Waals surface area contributed by atoms with Crippen molar-refractivity contribution in [3.8, 4) is 0 Å². The summed E-state index contributed by atoms with van der Waals surface area (Å²) in [6.45, 7) is 7.81. The molecule has 112 valence electrons. The van der Waals surface area contributed by atoms with Crippen LogP contribution in [-0.2, 0) is 4.79 Å². The van der Waals surface area contributed by atoms with Gasteiger partial charge in [0.15, 0.2) is 0 Å². The highest BCUT2D eigenvalue weighted by Crippen LogP contribution is 2.26. The van der Waals surface area contributed by atoms with Crippen LogP contribution in [0.2, 0.25) is 0 Å². The molecule has 1 rings (SSSR count). The molecule has 0 aromatic heterocycles. The van der Waals surface area contributed by atoms with Gasteiger partial charge in [0, 0.05) is 25.0 Å². The van der Waals surface area contributed by atoms with Crippen LogP contribution in [0.5, 0.6) is 0 Å². The number of carbonyl (C=O) groups is 1. The molecule has 0 heterocycles. The van der Waals surface area contributed by atoms with Gasteiger partial charge in [-0.15, -0.1) is 0 Å². The molecule has 0 bridgehead atoms. The SMILES string of the molecule is CCCC1CCCC(NCCNC(=O)C(C)C)CC1. The fourth-order valence-corrected chi connectivity index (χ4v) is 2.95. The van der Waals surface area contributed by atoms with Crippen molar-refractivity contribution in [3.63, 3.8) is 0 Å². The normalized spacial score (nSPS) is 24.2. The fraction of sp³-hybridized carbons (Fsp3) is 0.938. The third-order valence-electron chi connectivity index (χ3n) is 4.17. The lowest BCUT2D eigenvalue weighted by Gasteiger charge is -2.17. The molecule has 0 aromatic rings. The predicted octanol–water partition coefficient (Wildman–Crippen LogP) is 3.10. The van der Waals surface area contributed by atoms with Crippen molar-refractivity contribution < 1.29 is 4.79 Å². The van der Waals surface area contributed by atoms with Crippen LogP contribution in [0.1, 0.15) is 65.7 Å². The van der Waals surface area contributed by atoms with Crippen LogP contribution in [0, 0.1) is 11.8 Å². The summed E-state index contributed by atoms with van der Waals surface area (Å²) >= 11 is 0. The van der Waals surface area contributed by atoms with Crippen LogP contribution in [0.3, 0.4) is 0 Å². The molecule has 1 fully saturated rings. The highest BCUT2D eigenvalue weighted by atomic mass is 16.1. The molecule has 3 heteroatoms. The Morgan fingerprint density at radius 1 is 1.16 bits per heavy atom. The summed E-state index contributed by atoms with van der Waals surface area (Å²) in [7, 11) is 0. The standard InChI is InChI=1S/C16H32N2O/c1-4-6-14-7-5-8-15(10-9-14)17-11-12-18-16(19)13(2)3/h13-15,17H,4-12H2,1-3H3,(H,18,19). The molecule has 1 saturated carbocycles. The highest BCUT2D eigenvalue weighted by molar-refractivity contribution is 5.77. The van der Waals surface area contributed by atoms with Crippen molar-refractivity contribution in [1.29, 1.82) is 0 Å². The molecule has 3 nitrogen and oxygen atoms in total. The Morgan fingerprint density at radius 3 is 2.63 bits per heavy atom. The summed E-state index contributed by atoms with van der Waals surface area (Å²) in [5.74, 6) is 1.20. The lowest BCUT2D eigenvalue weighted by atomic mass is 9.95. The van der Waals surface area contributed by atoms with Gasteiger partial charge in [0.1, 0.15) is 0 Å². The zero-order chi connectivity index (χ0) is 14.1. The zero-order valence-corrected chi connectivity index (χ0v) is 13.0. The molecule has 0 saturated heterocycles. The van der Waals surface area contributed by atoms with Crippen molar-refractivity contribution >= 4 is 5.91 Å². The molecule has 0 spiro atoms. The van der Waals surface area contributed by atoms with Gasteiger partial charge in [-0.05, 0) is 25.2 Å². The van der Waals surface area contributed by atoms with Gasteiger partial charge in [0.2, 0.25) is 5.91 Å². The van der Waals surface area contributed by atoms with E-state index in [4.69, 9.17) is 0 Å². The molecule has 2 N–H and O–H groups in total. The van der Waals surface area contributed by atoms with Crippen LogP contribution in [0.15, 0.2) is 0 Å². The lowest BCUT2D eigenvalue weighted by molar-refractivity contribution is -0.123. The Balaban J connectivity index is 2.11. The minimum absolute atomic E-state index is 0.0904. The van der Waals surface area contributed by atoms with Crippen molar-refractivity contribution in [2.75, 3.05) is 13.1 Å². The van der Waals surface area contributed by atoms with Crippen LogP contribution in [0.4, 0.5) is 0 Å². The third kappa shape index (κ3) is 6.95. The van der Waals surface area contributed by atoms with Gasteiger partial charge >= 0.3 is 0 Å². The minimum atomic E-state index is 0.0904. The Hall–Kier alpha value is -0.570. The minimum Gasteiger partial charge on any atom is -0.355 e. The second-order valence-corrected chi connectivity index (χ2v) is 6.26. The van der Waals surface area contributed by atoms with Crippen molar-refractivity contribution in [1.82, 2.24) is 10.6 Å². The number of rotatable bonds is 7. The Morgan fingerprint density at radius 2 is 1.95 bits per heavy atom. The Kier molecular flexibility index (Phi) is 8.11. The number of hydrogen-bond acceptors (Lipinski definition) is 2. The van der Waals surface area contributed by atoms with E-state index >= 15 is 0 Å². The average Bonchev–Trinajstić information content (AvgIpc) is 2.60. The molecular weight excluding hydrogens is 236 g/mol. The van der Waals surface area contributed by atoms with Crippen LogP contribution in [0.25, 0.3) is 0 Å². The monoisotopic (exact) mass is 268 g/mol. The van der Waals surface area contributed by atoms with Gasteiger partial charge in [0.25, 0.3) is 0 Å². The first kappa shape index (κ1) is 16.5. The molecule has 1 aliphatic carbocycles. The summed E-state index contributed by atoms with van der Waals surface area (Å²) in [6.07, 6.45) is 9.49. The van der Waals surface area contributed by atoms with Gasteiger partial charge in [-0.3, -0.25) is 4.79 Å². The average molecular weight is 268 g/mol. The maximum absolute atomic E-state index is 11.4. The van der Waals surface area contributed by atoms with Crippen molar-refractivity contribution in [3.05, 3.63) is 0 Å². The smallest absolute Gasteiger partial charge is 0.222 e. The second-order valence-electron chi connectivity index (χ2n) is 6.26. The maximum atomic E-state index is 11.4. The van der Waals surface area contributed by atoms with E-state index in [1.165, 1.54) is 44.9 Å². The fourth-order valence-electron chi connectivity index (χ4n) is 2.95. The van der Waals surface area contributed by atoms with Gasteiger partial charge in [-0.2, -0.15) is 0 Å². The second kappa shape index (κ2) is 9.35. The molecule has 0 aromatic carbocycles. The van der Waals surface area contributed by atoms with Crippen molar-refractivity contribution in [2.24, 2.45) is 11.8 Å². The highest BCUT2D eigenvalue weighted by Gasteiger charge is 2.17. The van der Waals surface area contributed by atoms with Crippen molar-refractivity contribution in [2.45, 2.75) is 71.8 Å². The van der Waals surface area contributed by atoms with Gasteiger partial charge in [-0.25, -0.2) is 0 Å². The summed E-state index contributed by atoms with van der Waals surface area (Å²) in [5, 5.41) is 6.57. The number of hydrogen-bond donors (Lipinski definition) is 2. The van der Waals surface area contributed by atoms with E-state index in [0.29, 0.717) is 6.04 Å². The topological polar surface area (TPSA) is 41.1 Å². The first-order valence-corrected chi connectivity index (χ1v) is 8.14. The van der Waals surface area contributed by atoms with Crippen LogP contribution >= 0.6 is 0 Å². The van der Waals surface area contributed by atoms with E-state index in [1.807, 2.05) is 13.8 Å². The largest absolute Gasteiger partial charge is 0.355 e. The summed E-state index contributed by atoms with van der Waals surface area (Å²) in [6, 6.07) is 0.665. The number of carbonyl (C=O) groups excluding carboxylic acids is 1. The molecule has 0 radical (unpaired) electrons. The van der Waals surface area contributed by atoms with Gasteiger partial charge < -0.3 is 10.6 Å². The third-order valence-corrected chi connectivity index (χ3v) is 4.17. The van der Waals surface area contributed by atoms with Gasteiger partial charge in [-0.1, -0.05) is 46.5 Å². The molecule has 1 aliphatic rings. The van der Waals surface area contributed by atoms with E-state index in [9.17, 15) is 4.79 Å². The van der Waals surface area contributed by atoms with E-state index < -0.39 is 0 Å². The van der Waals surface area contributed by atoms with E-state index in [-0.39, 0.29) is 11.8 Å². The van der Waals surface area contributed by atoms with E-state index in [0.717, 1.165) is 19.0 Å². The number of nitrogens with one attached hydrogen (secondary N) is 2. The summed E-state index contributed by atoms with van der Waals surface area (Å²) < 4.78 is 0. The summed E-state index contributed by atoms with van der Waals surface area (Å²) in [5.41, 5.74) is 0. The lowest BCUT2D eigenvalue weighted by Crippen LogP contribution is -2.38. The maximum Gasteiger partial charge on any atom is 0.222 e. The molecular formula is C16H32N2O. The molecule has 0 aliphatic heterocycles. The summed E-state index contributed by atoms with van der Waals surface area (Å²) in [4.78, 5) is 11.4.